The maximum atomic E-state index is 12.9. The number of nitrogens with one attached hydrogen (secondary N) is 1. The zero-order chi connectivity index (χ0) is 19.6. The van der Waals surface area contributed by atoms with Crippen LogP contribution in [0.3, 0.4) is 0 Å². The average Bonchev–Trinajstić information content (AvgIpc) is 2.66. The van der Waals surface area contributed by atoms with E-state index in [0.29, 0.717) is 19.0 Å². The van der Waals surface area contributed by atoms with Gasteiger partial charge in [0, 0.05) is 26.6 Å². The largest absolute Gasteiger partial charge is 0.354 e. The van der Waals surface area contributed by atoms with Gasteiger partial charge in [0.2, 0.25) is 11.8 Å². The second-order valence-corrected chi connectivity index (χ2v) is 7.23. The molecular weight excluding hydrogens is 336 g/mol. The Balaban J connectivity index is 2.03. The summed E-state index contributed by atoms with van der Waals surface area (Å²) in [4.78, 5) is 26.6. The summed E-state index contributed by atoms with van der Waals surface area (Å²) in [6, 6.07) is 19.6. The predicted octanol–water partition coefficient (Wildman–Crippen LogP) is 3.83. The van der Waals surface area contributed by atoms with Crippen LogP contribution in [0, 0.1) is 5.92 Å². The Hall–Kier alpha value is -2.62. The van der Waals surface area contributed by atoms with Gasteiger partial charge in [0.15, 0.2) is 0 Å². The van der Waals surface area contributed by atoms with E-state index in [1.807, 2.05) is 60.7 Å². The summed E-state index contributed by atoms with van der Waals surface area (Å²) in [5.74, 6) is 0.197. The van der Waals surface area contributed by atoms with Crippen molar-refractivity contribution in [1.82, 2.24) is 10.2 Å². The summed E-state index contributed by atoms with van der Waals surface area (Å²) in [6.07, 6.45) is 0.962. The minimum absolute atomic E-state index is 0.0419. The van der Waals surface area contributed by atoms with Crippen LogP contribution in [0.2, 0.25) is 0 Å². The quantitative estimate of drug-likeness (QED) is 0.733. The minimum atomic E-state index is -0.353. The highest BCUT2D eigenvalue weighted by Crippen LogP contribution is 2.24. The summed E-state index contributed by atoms with van der Waals surface area (Å²) < 4.78 is 0. The molecule has 0 fully saturated rings. The first-order valence-corrected chi connectivity index (χ1v) is 9.62. The molecular formula is C23H30N2O2. The van der Waals surface area contributed by atoms with Gasteiger partial charge in [-0.15, -0.1) is 0 Å². The van der Waals surface area contributed by atoms with Crippen molar-refractivity contribution in [3.8, 4) is 0 Å². The third-order valence-corrected chi connectivity index (χ3v) is 4.63. The lowest BCUT2D eigenvalue weighted by atomic mass is 9.90. The normalized spacial score (nSPS) is 10.9. The number of benzene rings is 2. The molecule has 0 aliphatic carbocycles. The highest BCUT2D eigenvalue weighted by atomic mass is 16.2. The highest BCUT2D eigenvalue weighted by Gasteiger charge is 2.22. The lowest BCUT2D eigenvalue weighted by molar-refractivity contribution is -0.129. The summed E-state index contributed by atoms with van der Waals surface area (Å²) in [6.45, 7) is 7.58. The molecule has 0 radical (unpaired) electrons. The molecule has 2 aromatic carbocycles. The van der Waals surface area contributed by atoms with Crippen LogP contribution in [-0.4, -0.2) is 36.3 Å². The Bertz CT molecular complexity index is 674. The van der Waals surface area contributed by atoms with Gasteiger partial charge in [0.25, 0.3) is 0 Å². The minimum Gasteiger partial charge on any atom is -0.354 e. The summed E-state index contributed by atoms with van der Waals surface area (Å²) >= 11 is 0. The van der Waals surface area contributed by atoms with Gasteiger partial charge in [-0.1, -0.05) is 74.5 Å². The Morgan fingerprint density at radius 2 is 1.41 bits per heavy atom. The number of carbonyl (C=O) groups excluding carboxylic acids is 2. The third kappa shape index (κ3) is 6.55. The maximum absolute atomic E-state index is 12.9. The third-order valence-electron chi connectivity index (χ3n) is 4.63. The molecule has 0 saturated heterocycles. The van der Waals surface area contributed by atoms with E-state index in [0.717, 1.165) is 24.1 Å². The zero-order valence-electron chi connectivity index (χ0n) is 16.5. The van der Waals surface area contributed by atoms with Gasteiger partial charge < -0.3 is 10.2 Å². The monoisotopic (exact) mass is 366 g/mol. The van der Waals surface area contributed by atoms with Crippen molar-refractivity contribution < 1.29 is 9.59 Å². The lowest BCUT2D eigenvalue weighted by Gasteiger charge is -2.23. The molecule has 0 aromatic heterocycles. The summed E-state index contributed by atoms with van der Waals surface area (Å²) in [7, 11) is 0. The van der Waals surface area contributed by atoms with E-state index in [2.05, 4.69) is 19.2 Å². The Morgan fingerprint density at radius 3 is 1.85 bits per heavy atom. The number of nitrogens with zero attached hydrogens (tertiary/aromatic N) is 1. The van der Waals surface area contributed by atoms with Gasteiger partial charge in [0.1, 0.15) is 0 Å². The molecule has 0 heterocycles. The van der Waals surface area contributed by atoms with Gasteiger partial charge in [-0.05, 0) is 23.5 Å². The van der Waals surface area contributed by atoms with Crippen LogP contribution in [-0.2, 0) is 9.59 Å². The molecule has 0 bridgehead atoms. The van der Waals surface area contributed by atoms with E-state index in [1.54, 1.807) is 11.8 Å². The Labute approximate surface area is 162 Å². The first-order valence-electron chi connectivity index (χ1n) is 9.62. The lowest BCUT2D eigenvalue weighted by Crippen LogP contribution is -2.39. The molecule has 0 unspecified atom stereocenters. The fourth-order valence-electron chi connectivity index (χ4n) is 3.04. The van der Waals surface area contributed by atoms with Crippen molar-refractivity contribution in [3.63, 3.8) is 0 Å². The smallest absolute Gasteiger partial charge is 0.232 e. The first-order chi connectivity index (χ1) is 13.0. The topological polar surface area (TPSA) is 49.4 Å². The second-order valence-electron chi connectivity index (χ2n) is 7.23. The fourth-order valence-corrected chi connectivity index (χ4v) is 3.04. The Kier molecular flexibility index (Phi) is 8.05. The number of hydrogen-bond acceptors (Lipinski definition) is 2. The average molecular weight is 367 g/mol. The van der Waals surface area contributed by atoms with Crippen molar-refractivity contribution in [2.75, 3.05) is 19.6 Å². The van der Waals surface area contributed by atoms with Gasteiger partial charge in [-0.2, -0.15) is 0 Å². The fraction of sp³-hybridized carbons (Fsp3) is 0.391. The van der Waals surface area contributed by atoms with E-state index >= 15 is 0 Å². The highest BCUT2D eigenvalue weighted by molar-refractivity contribution is 5.87. The maximum Gasteiger partial charge on any atom is 0.232 e. The molecule has 144 valence electrons. The van der Waals surface area contributed by atoms with Crippen molar-refractivity contribution >= 4 is 11.8 Å². The predicted molar refractivity (Wildman–Crippen MR) is 109 cm³/mol. The molecule has 0 spiro atoms. The molecule has 0 aliphatic heterocycles. The molecule has 0 atom stereocenters. The van der Waals surface area contributed by atoms with Crippen LogP contribution in [0.25, 0.3) is 0 Å². The van der Waals surface area contributed by atoms with E-state index in [9.17, 15) is 9.59 Å². The van der Waals surface area contributed by atoms with E-state index < -0.39 is 0 Å². The molecule has 1 N–H and O–H groups in total. The number of rotatable bonds is 9. The van der Waals surface area contributed by atoms with Crippen molar-refractivity contribution in [3.05, 3.63) is 71.8 Å². The SMILES string of the molecule is CC(=O)N(CCNC(=O)C(c1ccccc1)c1ccccc1)CCC(C)C. The van der Waals surface area contributed by atoms with Crippen LogP contribution in [0.1, 0.15) is 44.2 Å². The molecule has 2 amide bonds. The van der Waals surface area contributed by atoms with Gasteiger partial charge >= 0.3 is 0 Å². The van der Waals surface area contributed by atoms with E-state index in [4.69, 9.17) is 0 Å². The van der Waals surface area contributed by atoms with Crippen molar-refractivity contribution in [2.24, 2.45) is 5.92 Å². The molecule has 2 aromatic rings. The van der Waals surface area contributed by atoms with Gasteiger partial charge in [-0.3, -0.25) is 9.59 Å². The summed E-state index contributed by atoms with van der Waals surface area (Å²) in [5.41, 5.74) is 1.92. The van der Waals surface area contributed by atoms with Crippen LogP contribution in [0.15, 0.2) is 60.7 Å². The molecule has 0 aliphatic rings. The van der Waals surface area contributed by atoms with Crippen molar-refractivity contribution in [1.29, 1.82) is 0 Å². The molecule has 4 nitrogen and oxygen atoms in total. The van der Waals surface area contributed by atoms with Gasteiger partial charge in [-0.25, -0.2) is 0 Å². The molecule has 4 heteroatoms. The first kappa shape index (κ1) is 20.7. The molecule has 2 rings (SSSR count). The van der Waals surface area contributed by atoms with E-state index in [-0.39, 0.29) is 17.7 Å². The van der Waals surface area contributed by atoms with Crippen LogP contribution >= 0.6 is 0 Å². The molecule has 27 heavy (non-hydrogen) atoms. The molecule has 0 saturated carbocycles. The number of carbonyl (C=O) groups is 2. The number of amides is 2. The van der Waals surface area contributed by atoms with Crippen molar-refractivity contribution in [2.45, 2.75) is 33.1 Å². The zero-order valence-corrected chi connectivity index (χ0v) is 16.5. The second kappa shape index (κ2) is 10.5. The van der Waals surface area contributed by atoms with Gasteiger partial charge in [0.05, 0.1) is 5.92 Å². The van der Waals surface area contributed by atoms with Crippen LogP contribution in [0.4, 0.5) is 0 Å². The standard InChI is InChI=1S/C23H30N2O2/c1-18(2)14-16-25(19(3)26)17-15-24-23(27)22(20-10-6-4-7-11-20)21-12-8-5-9-13-21/h4-13,18,22H,14-17H2,1-3H3,(H,24,27). The van der Waals surface area contributed by atoms with E-state index in [1.165, 1.54) is 0 Å². The summed E-state index contributed by atoms with van der Waals surface area (Å²) in [5, 5.41) is 3.02. The van der Waals surface area contributed by atoms with Crippen LogP contribution < -0.4 is 5.32 Å². The number of hydrogen-bond donors (Lipinski definition) is 1. The van der Waals surface area contributed by atoms with Crippen LogP contribution in [0.5, 0.6) is 0 Å². The Morgan fingerprint density at radius 1 is 0.889 bits per heavy atom.